The molecule has 112 valence electrons. The van der Waals surface area contributed by atoms with Crippen LogP contribution in [0.15, 0.2) is 0 Å². The summed E-state index contributed by atoms with van der Waals surface area (Å²) in [6, 6.07) is 1.28. The maximum absolute atomic E-state index is 12.3. The Morgan fingerprint density at radius 2 is 1.90 bits per heavy atom. The first kappa shape index (κ1) is 15.3. The van der Waals surface area contributed by atoms with Gasteiger partial charge in [-0.05, 0) is 38.5 Å². The Morgan fingerprint density at radius 3 is 2.35 bits per heavy atom. The lowest BCUT2D eigenvalue weighted by Gasteiger charge is -2.38. The fourth-order valence-electron chi connectivity index (χ4n) is 3.71. The average molecular weight is 277 g/mol. The highest BCUT2D eigenvalue weighted by Crippen LogP contribution is 2.34. The quantitative estimate of drug-likeness (QED) is 0.744. The Hall–Kier alpha value is -1.05. The van der Waals surface area contributed by atoms with E-state index in [-0.39, 0.29) is 5.91 Å². The Kier molecular flexibility index (Phi) is 4.72. The molecule has 0 aromatic rings. The number of carbonyl (C=O) groups excluding carboxylic acids is 1. The van der Waals surface area contributed by atoms with Crippen LogP contribution in [0.2, 0.25) is 0 Å². The van der Waals surface area contributed by atoms with Crippen molar-refractivity contribution in [3.8, 4) is 12.3 Å². The minimum Gasteiger partial charge on any atom is -0.339 e. The van der Waals surface area contributed by atoms with Crippen LogP contribution in [0.3, 0.4) is 0 Å². The summed E-state index contributed by atoms with van der Waals surface area (Å²) in [6.45, 7) is 4.51. The summed E-state index contributed by atoms with van der Waals surface area (Å²) < 4.78 is 0. The van der Waals surface area contributed by atoms with Gasteiger partial charge >= 0.3 is 0 Å². The van der Waals surface area contributed by atoms with Crippen LogP contribution in [0.5, 0.6) is 0 Å². The van der Waals surface area contributed by atoms with Crippen molar-refractivity contribution >= 4 is 5.91 Å². The van der Waals surface area contributed by atoms with Crippen molar-refractivity contribution in [1.82, 2.24) is 10.2 Å². The van der Waals surface area contributed by atoms with E-state index < -0.39 is 5.54 Å². The fourth-order valence-corrected chi connectivity index (χ4v) is 3.71. The molecule has 0 radical (unpaired) electrons. The molecule has 4 heteroatoms. The molecule has 2 unspecified atom stereocenters. The van der Waals surface area contributed by atoms with Gasteiger partial charge in [-0.15, -0.1) is 6.42 Å². The zero-order valence-electron chi connectivity index (χ0n) is 12.7. The van der Waals surface area contributed by atoms with Crippen LogP contribution in [0, 0.1) is 12.3 Å². The van der Waals surface area contributed by atoms with Crippen LogP contribution in [-0.4, -0.2) is 41.0 Å². The van der Waals surface area contributed by atoms with E-state index >= 15 is 0 Å². The molecule has 0 aromatic heterocycles. The van der Waals surface area contributed by atoms with E-state index in [1.807, 2.05) is 13.8 Å². The molecule has 3 N–H and O–H groups in total. The van der Waals surface area contributed by atoms with E-state index in [0.717, 1.165) is 25.7 Å². The molecular weight excluding hydrogens is 250 g/mol. The maximum atomic E-state index is 12.3. The predicted molar refractivity (Wildman–Crippen MR) is 81.0 cm³/mol. The number of hydrogen-bond acceptors (Lipinski definition) is 3. The summed E-state index contributed by atoms with van der Waals surface area (Å²) in [6.07, 6.45) is 11.5. The summed E-state index contributed by atoms with van der Waals surface area (Å²) >= 11 is 0. The van der Waals surface area contributed by atoms with Gasteiger partial charge in [0.05, 0.1) is 6.54 Å². The number of rotatable bonds is 5. The molecule has 0 spiro atoms. The molecule has 4 nitrogen and oxygen atoms in total. The minimum atomic E-state index is -0.484. The first-order chi connectivity index (χ1) is 9.53. The second-order valence-corrected chi connectivity index (χ2v) is 6.27. The molecule has 20 heavy (non-hydrogen) atoms. The van der Waals surface area contributed by atoms with Gasteiger partial charge < -0.3 is 11.1 Å². The summed E-state index contributed by atoms with van der Waals surface area (Å²) in [5, 5.41) is 3.06. The topological polar surface area (TPSA) is 58.4 Å². The van der Waals surface area contributed by atoms with E-state index in [1.165, 1.54) is 12.8 Å². The molecule has 0 aromatic carbocycles. The molecule has 2 aliphatic heterocycles. The Balaban J connectivity index is 1.94. The number of piperidine rings is 1. The first-order valence-electron chi connectivity index (χ1n) is 7.83. The molecule has 0 aliphatic carbocycles. The summed E-state index contributed by atoms with van der Waals surface area (Å²) in [4.78, 5) is 14.7. The molecular formula is C16H27N3O. The highest BCUT2D eigenvalue weighted by Gasteiger charge is 2.40. The van der Waals surface area contributed by atoms with Gasteiger partial charge in [0, 0.05) is 18.1 Å². The summed E-state index contributed by atoms with van der Waals surface area (Å²) in [7, 11) is 0. The lowest BCUT2D eigenvalue weighted by atomic mass is 9.93. The molecule has 2 fully saturated rings. The number of terminal acetylenes is 1. The van der Waals surface area contributed by atoms with Gasteiger partial charge in [0.2, 0.25) is 5.91 Å². The van der Waals surface area contributed by atoms with Crippen molar-refractivity contribution in [3.05, 3.63) is 0 Å². The third-order valence-electron chi connectivity index (χ3n) is 5.11. The Bertz CT molecular complexity index is 383. The van der Waals surface area contributed by atoms with Gasteiger partial charge in [0.15, 0.2) is 0 Å². The highest BCUT2D eigenvalue weighted by molar-refractivity contribution is 5.79. The highest BCUT2D eigenvalue weighted by atomic mass is 16.2. The van der Waals surface area contributed by atoms with Gasteiger partial charge in [0.1, 0.15) is 5.54 Å². The number of nitrogens with zero attached hydrogens (tertiary/aromatic N) is 1. The minimum absolute atomic E-state index is 0.0546. The second kappa shape index (κ2) is 6.15. The van der Waals surface area contributed by atoms with Crippen LogP contribution in [0.25, 0.3) is 0 Å². The fraction of sp³-hybridized carbons (Fsp3) is 0.812. The van der Waals surface area contributed by atoms with Crippen molar-refractivity contribution in [2.24, 2.45) is 5.73 Å². The van der Waals surface area contributed by atoms with Gasteiger partial charge in [0.25, 0.3) is 0 Å². The number of nitrogens with one attached hydrogen (secondary N) is 1. The lowest BCUT2D eigenvalue weighted by molar-refractivity contribution is -0.124. The number of carbonyl (C=O) groups is 1. The maximum Gasteiger partial charge on any atom is 0.235 e. The van der Waals surface area contributed by atoms with Gasteiger partial charge in [-0.3, -0.25) is 9.69 Å². The molecule has 2 saturated heterocycles. The monoisotopic (exact) mass is 277 g/mol. The zero-order valence-corrected chi connectivity index (χ0v) is 12.7. The number of hydrogen-bond donors (Lipinski definition) is 2. The molecule has 2 bridgehead atoms. The molecule has 2 heterocycles. The predicted octanol–water partition coefficient (Wildman–Crippen LogP) is 1.25. The summed E-state index contributed by atoms with van der Waals surface area (Å²) in [5.41, 5.74) is 5.58. The van der Waals surface area contributed by atoms with E-state index in [9.17, 15) is 4.79 Å². The Morgan fingerprint density at radius 1 is 1.35 bits per heavy atom. The van der Waals surface area contributed by atoms with Crippen molar-refractivity contribution in [3.63, 3.8) is 0 Å². The van der Waals surface area contributed by atoms with Crippen molar-refractivity contribution in [2.75, 3.05) is 6.54 Å². The molecule has 2 rings (SSSR count). The van der Waals surface area contributed by atoms with E-state index in [4.69, 9.17) is 12.2 Å². The summed E-state index contributed by atoms with van der Waals surface area (Å²) in [5.74, 6) is 2.81. The van der Waals surface area contributed by atoms with Crippen LogP contribution >= 0.6 is 0 Å². The normalized spacial score (nSPS) is 30.0. The van der Waals surface area contributed by atoms with Crippen LogP contribution < -0.4 is 11.1 Å². The van der Waals surface area contributed by atoms with E-state index in [1.54, 1.807) is 0 Å². The molecule has 0 saturated carbocycles. The second-order valence-electron chi connectivity index (χ2n) is 6.27. The third kappa shape index (κ3) is 2.99. The number of amides is 1. The SMILES string of the molecule is C#CC(CC)(CC)NC(=O)CN1C2CCC1CC(N)C2. The van der Waals surface area contributed by atoms with E-state index in [2.05, 4.69) is 16.1 Å². The van der Waals surface area contributed by atoms with Crippen LogP contribution in [-0.2, 0) is 4.79 Å². The average Bonchev–Trinajstić information content (AvgIpc) is 2.68. The van der Waals surface area contributed by atoms with Gasteiger partial charge in [-0.1, -0.05) is 19.8 Å². The molecule has 2 aliphatic rings. The van der Waals surface area contributed by atoms with E-state index in [0.29, 0.717) is 24.7 Å². The standard InChI is InChI=1S/C16H27N3O/c1-4-16(5-2,6-3)18-15(20)11-19-13-7-8-14(19)10-12(17)9-13/h1,12-14H,5-11,17H2,2-3H3,(H,18,20). The van der Waals surface area contributed by atoms with Crippen LogP contribution in [0.4, 0.5) is 0 Å². The number of nitrogens with two attached hydrogens (primary N) is 1. The lowest BCUT2D eigenvalue weighted by Crippen LogP contribution is -2.54. The number of fused-ring (bicyclic) bond motifs is 2. The first-order valence-corrected chi connectivity index (χ1v) is 7.83. The Labute approximate surface area is 122 Å². The van der Waals surface area contributed by atoms with Crippen LogP contribution in [0.1, 0.15) is 52.4 Å². The molecule has 1 amide bonds. The zero-order chi connectivity index (χ0) is 14.8. The molecule has 2 atom stereocenters. The van der Waals surface area contributed by atoms with Gasteiger partial charge in [-0.25, -0.2) is 0 Å². The van der Waals surface area contributed by atoms with Crippen molar-refractivity contribution in [1.29, 1.82) is 0 Å². The van der Waals surface area contributed by atoms with Crippen molar-refractivity contribution in [2.45, 2.75) is 76.0 Å². The smallest absolute Gasteiger partial charge is 0.235 e. The van der Waals surface area contributed by atoms with Gasteiger partial charge in [-0.2, -0.15) is 0 Å². The van der Waals surface area contributed by atoms with Crippen molar-refractivity contribution < 1.29 is 4.79 Å². The third-order valence-corrected chi connectivity index (χ3v) is 5.11. The largest absolute Gasteiger partial charge is 0.339 e.